The van der Waals surface area contributed by atoms with Crippen LogP contribution < -0.4 is 15.1 Å². The Kier molecular flexibility index (Phi) is 5.85. The Morgan fingerprint density at radius 2 is 1.72 bits per heavy atom. The highest BCUT2D eigenvalue weighted by atomic mass is 19.1. The van der Waals surface area contributed by atoms with E-state index in [4.69, 9.17) is 4.74 Å². The number of halogens is 1. The van der Waals surface area contributed by atoms with Gasteiger partial charge in [0.05, 0.1) is 11.8 Å². The molecule has 3 aromatic rings. The third-order valence-corrected chi connectivity index (χ3v) is 6.17. The van der Waals surface area contributed by atoms with Crippen molar-refractivity contribution in [2.75, 3.05) is 49.1 Å². The quantitative estimate of drug-likeness (QED) is 0.665. The number of para-hydroxylation sites is 1. The number of nitrogens with zero attached hydrogens (tertiary/aromatic N) is 4. The van der Waals surface area contributed by atoms with E-state index in [9.17, 15) is 9.18 Å². The maximum absolute atomic E-state index is 14.2. The van der Waals surface area contributed by atoms with Crippen molar-refractivity contribution in [2.45, 2.75) is 18.9 Å². The van der Waals surface area contributed by atoms with Gasteiger partial charge in [-0.05, 0) is 25.0 Å². The molecule has 0 bridgehead atoms. The highest BCUT2D eigenvalue weighted by Crippen LogP contribution is 2.28. The van der Waals surface area contributed by atoms with Gasteiger partial charge in [-0.2, -0.15) is 0 Å². The lowest BCUT2D eigenvalue weighted by Gasteiger charge is -2.37. The van der Waals surface area contributed by atoms with Crippen LogP contribution in [0.1, 0.15) is 23.3 Å². The van der Waals surface area contributed by atoms with E-state index in [2.05, 4.69) is 20.4 Å². The molecular formula is C24H26FN5O2. The largest absolute Gasteiger partial charge is 0.376 e. The van der Waals surface area contributed by atoms with Crippen LogP contribution in [0.5, 0.6) is 0 Å². The van der Waals surface area contributed by atoms with Gasteiger partial charge in [0.25, 0.3) is 5.91 Å². The summed E-state index contributed by atoms with van der Waals surface area (Å²) in [6.45, 7) is 3.98. The first kappa shape index (κ1) is 20.6. The molecule has 5 rings (SSSR count). The maximum Gasteiger partial charge on any atom is 0.272 e. The Morgan fingerprint density at radius 1 is 1.00 bits per heavy atom. The van der Waals surface area contributed by atoms with E-state index < -0.39 is 0 Å². The second-order valence-electron chi connectivity index (χ2n) is 8.19. The van der Waals surface area contributed by atoms with Crippen molar-refractivity contribution >= 4 is 28.2 Å². The molecule has 0 radical (unpaired) electrons. The molecule has 0 saturated carbocycles. The van der Waals surface area contributed by atoms with Crippen LogP contribution in [0, 0.1) is 5.82 Å². The fourth-order valence-corrected chi connectivity index (χ4v) is 4.45. The zero-order valence-electron chi connectivity index (χ0n) is 17.8. The number of benzene rings is 2. The summed E-state index contributed by atoms with van der Waals surface area (Å²) in [4.78, 5) is 17.0. The zero-order chi connectivity index (χ0) is 21.9. The van der Waals surface area contributed by atoms with Crippen LogP contribution in [0.15, 0.2) is 48.5 Å². The summed E-state index contributed by atoms with van der Waals surface area (Å²) in [5.74, 6) is 0.314. The van der Waals surface area contributed by atoms with Crippen molar-refractivity contribution in [2.24, 2.45) is 0 Å². The lowest BCUT2D eigenvalue weighted by molar-refractivity contribution is 0.0854. The summed E-state index contributed by atoms with van der Waals surface area (Å²) in [6.07, 6.45) is 2.07. The van der Waals surface area contributed by atoms with Crippen molar-refractivity contribution in [3.8, 4) is 0 Å². The number of amides is 1. The summed E-state index contributed by atoms with van der Waals surface area (Å²) in [5, 5.41) is 13.3. The summed E-state index contributed by atoms with van der Waals surface area (Å²) in [7, 11) is 0. The van der Waals surface area contributed by atoms with Crippen molar-refractivity contribution in [3.05, 3.63) is 60.0 Å². The molecule has 1 atom stereocenters. The first-order valence-corrected chi connectivity index (χ1v) is 11.1. The number of carbonyl (C=O) groups excluding carboxylic acids is 1. The number of hydrogen-bond donors (Lipinski definition) is 1. The highest BCUT2D eigenvalue weighted by molar-refractivity contribution is 6.07. The van der Waals surface area contributed by atoms with Crippen LogP contribution in [-0.4, -0.2) is 61.5 Å². The first-order valence-electron chi connectivity index (χ1n) is 11.1. The summed E-state index contributed by atoms with van der Waals surface area (Å²) >= 11 is 0. The van der Waals surface area contributed by atoms with Crippen LogP contribution in [0.25, 0.3) is 10.8 Å². The van der Waals surface area contributed by atoms with Crippen molar-refractivity contribution in [1.82, 2.24) is 15.5 Å². The SMILES string of the molecule is O=C(NCC1CCCO1)c1nnc(N2CCN(c3ccccc3F)CC2)c2ccccc12. The van der Waals surface area contributed by atoms with Gasteiger partial charge >= 0.3 is 0 Å². The first-order chi connectivity index (χ1) is 15.7. The molecule has 32 heavy (non-hydrogen) atoms. The van der Waals surface area contributed by atoms with Crippen LogP contribution >= 0.6 is 0 Å². The summed E-state index contributed by atoms with van der Waals surface area (Å²) in [6, 6.07) is 14.6. The number of carbonyl (C=O) groups is 1. The standard InChI is InChI=1S/C24H26FN5O2/c25-20-9-3-4-10-21(20)29-11-13-30(14-12-29)23-19-8-2-1-7-18(19)22(27-28-23)24(31)26-16-17-6-5-15-32-17/h1-4,7-10,17H,5-6,11-16H2,(H,26,31). The fourth-order valence-electron chi connectivity index (χ4n) is 4.45. The highest BCUT2D eigenvalue weighted by Gasteiger charge is 2.24. The van der Waals surface area contributed by atoms with E-state index in [1.54, 1.807) is 6.07 Å². The van der Waals surface area contributed by atoms with Gasteiger partial charge in [0.15, 0.2) is 11.5 Å². The smallest absolute Gasteiger partial charge is 0.272 e. The van der Waals surface area contributed by atoms with Gasteiger partial charge in [-0.25, -0.2) is 4.39 Å². The number of anilines is 2. The summed E-state index contributed by atoms with van der Waals surface area (Å²) < 4.78 is 19.7. The number of piperazine rings is 1. The minimum absolute atomic E-state index is 0.0724. The van der Waals surface area contributed by atoms with E-state index in [0.29, 0.717) is 44.1 Å². The average molecular weight is 436 g/mol. The molecule has 2 saturated heterocycles. The Balaban J connectivity index is 1.34. The average Bonchev–Trinajstić information content (AvgIpc) is 3.36. The van der Waals surface area contributed by atoms with Gasteiger partial charge in [0, 0.05) is 50.1 Å². The van der Waals surface area contributed by atoms with Gasteiger partial charge < -0.3 is 19.9 Å². The molecule has 2 fully saturated rings. The topological polar surface area (TPSA) is 70.6 Å². The third-order valence-electron chi connectivity index (χ3n) is 6.17. The lowest BCUT2D eigenvalue weighted by Crippen LogP contribution is -2.47. The second kappa shape index (κ2) is 9.08. The zero-order valence-corrected chi connectivity index (χ0v) is 17.8. The van der Waals surface area contributed by atoms with Gasteiger partial charge in [-0.1, -0.05) is 36.4 Å². The maximum atomic E-state index is 14.2. The van der Waals surface area contributed by atoms with Gasteiger partial charge in [0.2, 0.25) is 0 Å². The van der Waals surface area contributed by atoms with E-state index in [1.165, 1.54) is 6.07 Å². The van der Waals surface area contributed by atoms with E-state index >= 15 is 0 Å². The Hall–Kier alpha value is -3.26. The van der Waals surface area contributed by atoms with Crippen LogP contribution in [0.4, 0.5) is 15.9 Å². The van der Waals surface area contributed by atoms with E-state index in [0.717, 1.165) is 36.0 Å². The number of fused-ring (bicyclic) bond motifs is 1. The van der Waals surface area contributed by atoms with Gasteiger partial charge in [-0.3, -0.25) is 4.79 Å². The summed E-state index contributed by atoms with van der Waals surface area (Å²) in [5.41, 5.74) is 0.952. The second-order valence-corrected chi connectivity index (χ2v) is 8.19. The molecule has 8 heteroatoms. The monoisotopic (exact) mass is 435 g/mol. The van der Waals surface area contributed by atoms with Crippen molar-refractivity contribution in [3.63, 3.8) is 0 Å². The Morgan fingerprint density at radius 3 is 2.47 bits per heavy atom. The molecule has 1 amide bonds. The van der Waals surface area contributed by atoms with Crippen LogP contribution in [0.3, 0.4) is 0 Å². The minimum Gasteiger partial charge on any atom is -0.376 e. The molecular weight excluding hydrogens is 409 g/mol. The number of ether oxygens (including phenoxy) is 1. The predicted octanol–water partition coefficient (Wildman–Crippen LogP) is 3.00. The van der Waals surface area contributed by atoms with Crippen LogP contribution in [-0.2, 0) is 4.74 Å². The minimum atomic E-state index is -0.236. The molecule has 0 spiro atoms. The predicted molar refractivity (Wildman–Crippen MR) is 122 cm³/mol. The molecule has 166 valence electrons. The number of nitrogens with one attached hydrogen (secondary N) is 1. The van der Waals surface area contributed by atoms with E-state index in [1.807, 2.05) is 41.3 Å². The lowest BCUT2D eigenvalue weighted by atomic mass is 10.1. The fraction of sp³-hybridized carbons (Fsp3) is 0.375. The molecule has 3 heterocycles. The third kappa shape index (κ3) is 4.10. The van der Waals surface area contributed by atoms with Crippen LogP contribution in [0.2, 0.25) is 0 Å². The molecule has 2 aliphatic heterocycles. The molecule has 7 nitrogen and oxygen atoms in total. The van der Waals surface area contributed by atoms with Crippen molar-refractivity contribution in [1.29, 1.82) is 0 Å². The van der Waals surface area contributed by atoms with Gasteiger partial charge in [-0.15, -0.1) is 10.2 Å². The number of hydrogen-bond acceptors (Lipinski definition) is 6. The van der Waals surface area contributed by atoms with Crippen molar-refractivity contribution < 1.29 is 13.9 Å². The molecule has 2 aliphatic rings. The molecule has 0 aliphatic carbocycles. The molecule has 1 aromatic heterocycles. The molecule has 1 N–H and O–H groups in total. The van der Waals surface area contributed by atoms with E-state index in [-0.39, 0.29) is 17.8 Å². The Labute approximate surface area is 186 Å². The Bertz CT molecular complexity index is 1110. The number of aromatic nitrogens is 2. The number of rotatable bonds is 5. The molecule has 2 aromatic carbocycles. The normalized spacial score (nSPS) is 18.8. The molecule has 1 unspecified atom stereocenters. The van der Waals surface area contributed by atoms with Gasteiger partial charge in [0.1, 0.15) is 5.82 Å².